The SMILES string of the molecule is CCn1ncc(Br)c1C(O)c1ccc(COC)cc1. The fourth-order valence-electron chi connectivity index (χ4n) is 2.02. The number of halogens is 1. The molecule has 0 saturated heterocycles. The summed E-state index contributed by atoms with van der Waals surface area (Å²) in [5.74, 6) is 0. The minimum Gasteiger partial charge on any atom is -0.382 e. The lowest BCUT2D eigenvalue weighted by molar-refractivity contribution is 0.184. The van der Waals surface area contributed by atoms with Crippen molar-refractivity contribution in [3.63, 3.8) is 0 Å². The van der Waals surface area contributed by atoms with Gasteiger partial charge in [-0.1, -0.05) is 24.3 Å². The van der Waals surface area contributed by atoms with Gasteiger partial charge in [-0.05, 0) is 34.0 Å². The first kappa shape index (κ1) is 14.2. The number of nitrogens with zero attached hydrogens (tertiary/aromatic N) is 2. The Hall–Kier alpha value is -1.17. The molecule has 0 aliphatic carbocycles. The van der Waals surface area contributed by atoms with Gasteiger partial charge in [0.1, 0.15) is 6.10 Å². The van der Waals surface area contributed by atoms with Crippen LogP contribution in [0.15, 0.2) is 34.9 Å². The zero-order valence-electron chi connectivity index (χ0n) is 11.0. The van der Waals surface area contributed by atoms with E-state index in [9.17, 15) is 5.11 Å². The maximum Gasteiger partial charge on any atom is 0.122 e. The summed E-state index contributed by atoms with van der Waals surface area (Å²) in [4.78, 5) is 0. The number of benzene rings is 1. The van der Waals surface area contributed by atoms with Crippen molar-refractivity contribution >= 4 is 15.9 Å². The molecule has 0 amide bonds. The van der Waals surface area contributed by atoms with E-state index in [4.69, 9.17) is 4.74 Å². The number of aliphatic hydroxyl groups is 1. The fourth-order valence-corrected chi connectivity index (χ4v) is 2.53. The first-order valence-corrected chi connectivity index (χ1v) is 6.93. The Morgan fingerprint density at radius 1 is 1.37 bits per heavy atom. The molecule has 0 radical (unpaired) electrons. The summed E-state index contributed by atoms with van der Waals surface area (Å²) in [6.07, 6.45) is 1.02. The molecule has 19 heavy (non-hydrogen) atoms. The van der Waals surface area contributed by atoms with Crippen molar-refractivity contribution in [1.82, 2.24) is 9.78 Å². The largest absolute Gasteiger partial charge is 0.382 e. The van der Waals surface area contributed by atoms with Crippen LogP contribution in [0.3, 0.4) is 0 Å². The molecule has 1 aromatic heterocycles. The molecule has 0 fully saturated rings. The molecule has 0 saturated carbocycles. The number of hydrogen-bond donors (Lipinski definition) is 1. The van der Waals surface area contributed by atoms with Gasteiger partial charge >= 0.3 is 0 Å². The van der Waals surface area contributed by atoms with Crippen molar-refractivity contribution in [2.75, 3.05) is 7.11 Å². The zero-order chi connectivity index (χ0) is 13.8. The molecule has 1 atom stereocenters. The number of aryl methyl sites for hydroxylation is 1. The number of aromatic nitrogens is 2. The van der Waals surface area contributed by atoms with E-state index in [0.29, 0.717) is 6.61 Å². The second kappa shape index (κ2) is 6.32. The number of rotatable bonds is 5. The number of hydrogen-bond acceptors (Lipinski definition) is 3. The molecule has 0 aliphatic rings. The first-order valence-electron chi connectivity index (χ1n) is 6.14. The van der Waals surface area contributed by atoms with Gasteiger partial charge in [-0.25, -0.2) is 0 Å². The van der Waals surface area contributed by atoms with Crippen molar-refractivity contribution in [2.45, 2.75) is 26.2 Å². The Morgan fingerprint density at radius 3 is 2.63 bits per heavy atom. The molecule has 4 nitrogen and oxygen atoms in total. The lowest BCUT2D eigenvalue weighted by Crippen LogP contribution is -2.09. The van der Waals surface area contributed by atoms with Crippen molar-refractivity contribution in [3.05, 3.63) is 51.8 Å². The highest BCUT2D eigenvalue weighted by molar-refractivity contribution is 9.10. The van der Waals surface area contributed by atoms with E-state index < -0.39 is 6.10 Å². The second-order valence-corrected chi connectivity index (χ2v) is 5.12. The van der Waals surface area contributed by atoms with Crippen LogP contribution in [0.5, 0.6) is 0 Å². The molecule has 1 aromatic carbocycles. The summed E-state index contributed by atoms with van der Waals surface area (Å²) in [7, 11) is 1.67. The molecule has 0 bridgehead atoms. The van der Waals surface area contributed by atoms with Crippen LogP contribution in [0.2, 0.25) is 0 Å². The van der Waals surface area contributed by atoms with E-state index in [1.807, 2.05) is 31.2 Å². The third kappa shape index (κ3) is 3.05. The fraction of sp³-hybridized carbons (Fsp3) is 0.357. The topological polar surface area (TPSA) is 47.3 Å². The van der Waals surface area contributed by atoms with Crippen LogP contribution in [0.4, 0.5) is 0 Å². The standard InChI is InChI=1S/C14H17BrN2O2/c1-3-17-13(12(15)8-16-17)14(18)11-6-4-10(5-7-11)9-19-2/h4-8,14,18H,3,9H2,1-2H3. The molecule has 5 heteroatoms. The smallest absolute Gasteiger partial charge is 0.122 e. The van der Waals surface area contributed by atoms with Crippen LogP contribution in [0.25, 0.3) is 0 Å². The molecule has 0 spiro atoms. The van der Waals surface area contributed by atoms with Gasteiger partial charge in [0.05, 0.1) is 23.0 Å². The molecule has 102 valence electrons. The minimum atomic E-state index is -0.687. The van der Waals surface area contributed by atoms with Crippen molar-refractivity contribution in [2.24, 2.45) is 0 Å². The second-order valence-electron chi connectivity index (χ2n) is 4.27. The predicted molar refractivity (Wildman–Crippen MR) is 76.8 cm³/mol. The highest BCUT2D eigenvalue weighted by atomic mass is 79.9. The van der Waals surface area contributed by atoms with Crippen molar-refractivity contribution < 1.29 is 9.84 Å². The van der Waals surface area contributed by atoms with E-state index in [1.54, 1.807) is 18.0 Å². The molecular weight excluding hydrogens is 308 g/mol. The average molecular weight is 325 g/mol. The Kier molecular flexibility index (Phi) is 4.74. The summed E-state index contributed by atoms with van der Waals surface area (Å²) < 4.78 is 7.68. The number of ether oxygens (including phenoxy) is 1. The van der Waals surface area contributed by atoms with Gasteiger partial charge in [0, 0.05) is 13.7 Å². The van der Waals surface area contributed by atoms with E-state index in [0.717, 1.165) is 27.8 Å². The normalized spacial score (nSPS) is 12.6. The zero-order valence-corrected chi connectivity index (χ0v) is 12.6. The van der Waals surface area contributed by atoms with Crippen LogP contribution >= 0.6 is 15.9 Å². The molecule has 2 rings (SSSR count). The van der Waals surface area contributed by atoms with Crippen LogP contribution < -0.4 is 0 Å². The monoisotopic (exact) mass is 324 g/mol. The number of methoxy groups -OCH3 is 1. The van der Waals surface area contributed by atoms with Crippen LogP contribution in [0.1, 0.15) is 29.8 Å². The number of aliphatic hydroxyl groups excluding tert-OH is 1. The molecule has 1 unspecified atom stereocenters. The summed E-state index contributed by atoms with van der Waals surface area (Å²) in [5, 5.41) is 14.7. The van der Waals surface area contributed by atoms with E-state index in [2.05, 4.69) is 21.0 Å². The average Bonchev–Trinajstić information content (AvgIpc) is 2.80. The maximum absolute atomic E-state index is 10.5. The van der Waals surface area contributed by atoms with Gasteiger partial charge in [0.15, 0.2) is 0 Å². The summed E-state index contributed by atoms with van der Waals surface area (Å²) >= 11 is 3.43. The van der Waals surface area contributed by atoms with Gasteiger partial charge in [-0.3, -0.25) is 4.68 Å². The summed E-state index contributed by atoms with van der Waals surface area (Å²) in [5.41, 5.74) is 2.71. The van der Waals surface area contributed by atoms with Crippen molar-refractivity contribution in [1.29, 1.82) is 0 Å². The predicted octanol–water partition coefficient (Wildman–Crippen LogP) is 2.89. The van der Waals surface area contributed by atoms with Gasteiger partial charge in [-0.15, -0.1) is 0 Å². The maximum atomic E-state index is 10.5. The van der Waals surface area contributed by atoms with Gasteiger partial charge in [-0.2, -0.15) is 5.10 Å². The molecule has 0 aliphatic heterocycles. The van der Waals surface area contributed by atoms with Gasteiger partial charge in [0.25, 0.3) is 0 Å². The highest BCUT2D eigenvalue weighted by Gasteiger charge is 2.18. The third-order valence-corrected chi connectivity index (χ3v) is 3.61. The molecule has 2 aromatic rings. The lowest BCUT2D eigenvalue weighted by Gasteiger charge is -2.14. The Bertz CT molecular complexity index is 537. The van der Waals surface area contributed by atoms with Crippen LogP contribution in [-0.4, -0.2) is 22.0 Å². The highest BCUT2D eigenvalue weighted by Crippen LogP contribution is 2.28. The Balaban J connectivity index is 2.27. The Labute approximate surface area is 121 Å². The molecule has 1 N–H and O–H groups in total. The first-order chi connectivity index (χ1) is 9.17. The summed E-state index contributed by atoms with van der Waals surface area (Å²) in [6.45, 7) is 3.30. The van der Waals surface area contributed by atoms with E-state index in [-0.39, 0.29) is 0 Å². The Morgan fingerprint density at radius 2 is 2.05 bits per heavy atom. The van der Waals surface area contributed by atoms with E-state index in [1.165, 1.54) is 0 Å². The quantitative estimate of drug-likeness (QED) is 0.919. The van der Waals surface area contributed by atoms with Gasteiger partial charge in [0.2, 0.25) is 0 Å². The lowest BCUT2D eigenvalue weighted by atomic mass is 10.0. The molecular formula is C14H17BrN2O2. The van der Waals surface area contributed by atoms with Gasteiger partial charge < -0.3 is 9.84 Å². The third-order valence-electron chi connectivity index (χ3n) is 3.00. The molecule has 1 heterocycles. The minimum absolute atomic E-state index is 0.576. The van der Waals surface area contributed by atoms with Crippen LogP contribution in [-0.2, 0) is 17.9 Å². The summed E-state index contributed by atoms with van der Waals surface area (Å²) in [6, 6.07) is 7.75. The van der Waals surface area contributed by atoms with Crippen LogP contribution in [0, 0.1) is 0 Å². The van der Waals surface area contributed by atoms with E-state index >= 15 is 0 Å². The van der Waals surface area contributed by atoms with Crippen molar-refractivity contribution in [3.8, 4) is 0 Å².